The fourth-order valence-corrected chi connectivity index (χ4v) is 4.61. The topological polar surface area (TPSA) is 86.8 Å². The Bertz CT molecular complexity index is 1130. The van der Waals surface area contributed by atoms with E-state index in [1.54, 1.807) is 26.0 Å². The Hall–Kier alpha value is -2.10. The number of sulfonamides is 1. The van der Waals surface area contributed by atoms with Gasteiger partial charge in [0.2, 0.25) is 21.8 Å². The standard InChI is InChI=1S/C24H31BrClN3O4S/c1-6-17(3)27-24(31)18(4)28(14-19-8-10-20(25)11-9-19)23(30)15-29(34(5,32)33)22-13-21(26)12-7-16(22)2/h7-13,17-18H,6,14-15H2,1-5H3,(H,27,31). The van der Waals surface area contributed by atoms with E-state index in [0.29, 0.717) is 16.3 Å². The van der Waals surface area contributed by atoms with Crippen LogP contribution in [0.1, 0.15) is 38.3 Å². The first-order valence-corrected chi connectivity index (χ1v) is 13.9. The summed E-state index contributed by atoms with van der Waals surface area (Å²) in [4.78, 5) is 27.8. The maximum Gasteiger partial charge on any atom is 0.244 e. The number of hydrogen-bond donors (Lipinski definition) is 1. The van der Waals surface area contributed by atoms with Gasteiger partial charge in [-0.05, 0) is 62.6 Å². The Morgan fingerprint density at radius 1 is 1.12 bits per heavy atom. The van der Waals surface area contributed by atoms with Gasteiger partial charge in [-0.1, -0.05) is 52.7 Å². The van der Waals surface area contributed by atoms with Gasteiger partial charge in [0.25, 0.3) is 0 Å². The summed E-state index contributed by atoms with van der Waals surface area (Å²) >= 11 is 9.50. The van der Waals surface area contributed by atoms with Crippen LogP contribution in [-0.4, -0.2) is 50.0 Å². The molecule has 2 aromatic rings. The highest BCUT2D eigenvalue weighted by molar-refractivity contribution is 9.10. The van der Waals surface area contributed by atoms with E-state index in [0.717, 1.165) is 27.0 Å². The van der Waals surface area contributed by atoms with Gasteiger partial charge in [-0.25, -0.2) is 8.42 Å². The number of anilines is 1. The number of amides is 2. The minimum atomic E-state index is -3.81. The number of hydrogen-bond acceptors (Lipinski definition) is 4. The first-order chi connectivity index (χ1) is 15.8. The van der Waals surface area contributed by atoms with Crippen molar-refractivity contribution in [1.29, 1.82) is 0 Å². The van der Waals surface area contributed by atoms with E-state index in [9.17, 15) is 18.0 Å². The predicted molar refractivity (Wildman–Crippen MR) is 140 cm³/mol. The number of carbonyl (C=O) groups is 2. The van der Waals surface area contributed by atoms with Crippen LogP contribution < -0.4 is 9.62 Å². The smallest absolute Gasteiger partial charge is 0.244 e. The third kappa shape index (κ3) is 7.71. The lowest BCUT2D eigenvalue weighted by molar-refractivity contribution is -0.139. The molecule has 10 heteroatoms. The van der Waals surface area contributed by atoms with Gasteiger partial charge in [0.15, 0.2) is 0 Å². The average Bonchev–Trinajstić information content (AvgIpc) is 2.77. The van der Waals surface area contributed by atoms with Crippen molar-refractivity contribution in [3.63, 3.8) is 0 Å². The van der Waals surface area contributed by atoms with Crippen molar-refractivity contribution in [3.8, 4) is 0 Å². The van der Waals surface area contributed by atoms with Crippen molar-refractivity contribution in [2.75, 3.05) is 17.1 Å². The van der Waals surface area contributed by atoms with Crippen molar-refractivity contribution in [3.05, 3.63) is 63.1 Å². The molecule has 1 N–H and O–H groups in total. The third-order valence-corrected chi connectivity index (χ3v) is 7.44. The average molecular weight is 573 g/mol. The molecule has 0 aliphatic carbocycles. The zero-order valence-electron chi connectivity index (χ0n) is 20.0. The molecule has 0 aliphatic rings. The van der Waals surface area contributed by atoms with Gasteiger partial charge in [-0.2, -0.15) is 0 Å². The maximum atomic E-state index is 13.5. The Labute approximate surface area is 215 Å². The summed E-state index contributed by atoms with van der Waals surface area (Å²) < 4.78 is 27.2. The Morgan fingerprint density at radius 2 is 1.74 bits per heavy atom. The molecule has 0 radical (unpaired) electrons. The summed E-state index contributed by atoms with van der Waals surface area (Å²) in [6, 6.07) is 11.4. The van der Waals surface area contributed by atoms with Crippen molar-refractivity contribution in [1.82, 2.24) is 10.2 Å². The van der Waals surface area contributed by atoms with Crippen LogP contribution in [0.5, 0.6) is 0 Å². The SMILES string of the molecule is CCC(C)NC(=O)C(C)N(Cc1ccc(Br)cc1)C(=O)CN(c1cc(Cl)ccc1C)S(C)(=O)=O. The molecule has 0 heterocycles. The quantitative estimate of drug-likeness (QED) is 0.454. The molecule has 34 heavy (non-hydrogen) atoms. The molecule has 2 amide bonds. The van der Waals surface area contributed by atoms with Gasteiger partial charge in [0.1, 0.15) is 12.6 Å². The van der Waals surface area contributed by atoms with Gasteiger partial charge >= 0.3 is 0 Å². The number of rotatable bonds is 10. The van der Waals surface area contributed by atoms with E-state index in [-0.39, 0.29) is 18.5 Å². The van der Waals surface area contributed by atoms with Crippen LogP contribution in [0, 0.1) is 6.92 Å². The van der Waals surface area contributed by atoms with Crippen molar-refractivity contribution >= 4 is 55.1 Å². The lowest BCUT2D eigenvalue weighted by Crippen LogP contribution is -2.52. The number of nitrogens with zero attached hydrogens (tertiary/aromatic N) is 2. The molecular formula is C24H31BrClN3O4S. The molecule has 186 valence electrons. The van der Waals surface area contributed by atoms with E-state index >= 15 is 0 Å². The minimum absolute atomic E-state index is 0.0544. The summed E-state index contributed by atoms with van der Waals surface area (Å²) in [5.74, 6) is -0.802. The second-order valence-electron chi connectivity index (χ2n) is 8.34. The fourth-order valence-electron chi connectivity index (χ4n) is 3.28. The first-order valence-electron chi connectivity index (χ1n) is 10.9. The lowest BCUT2D eigenvalue weighted by Gasteiger charge is -2.32. The molecular weight excluding hydrogens is 542 g/mol. The molecule has 0 fully saturated rings. The molecule has 0 saturated carbocycles. The molecule has 2 atom stereocenters. The van der Waals surface area contributed by atoms with Gasteiger partial charge in [-0.15, -0.1) is 0 Å². The van der Waals surface area contributed by atoms with Crippen LogP contribution >= 0.6 is 27.5 Å². The molecule has 0 aliphatic heterocycles. The maximum absolute atomic E-state index is 13.5. The Balaban J connectivity index is 2.42. The molecule has 0 bridgehead atoms. The monoisotopic (exact) mass is 571 g/mol. The lowest BCUT2D eigenvalue weighted by atomic mass is 10.1. The number of halogens is 2. The third-order valence-electron chi connectivity index (χ3n) is 5.55. The van der Waals surface area contributed by atoms with E-state index in [4.69, 9.17) is 11.6 Å². The molecule has 2 rings (SSSR count). The molecule has 2 aromatic carbocycles. The second kappa shape index (κ2) is 12.0. The molecule has 7 nitrogen and oxygen atoms in total. The predicted octanol–water partition coefficient (Wildman–Crippen LogP) is 4.51. The van der Waals surface area contributed by atoms with E-state index in [2.05, 4.69) is 21.2 Å². The summed E-state index contributed by atoms with van der Waals surface area (Å²) in [6.07, 6.45) is 1.79. The number of benzene rings is 2. The summed E-state index contributed by atoms with van der Waals surface area (Å²) in [5, 5.41) is 3.26. The minimum Gasteiger partial charge on any atom is -0.352 e. The number of aryl methyl sites for hydroxylation is 1. The van der Waals surface area contributed by atoms with E-state index in [1.807, 2.05) is 38.1 Å². The second-order valence-corrected chi connectivity index (χ2v) is 11.6. The van der Waals surface area contributed by atoms with E-state index < -0.39 is 28.5 Å². The largest absolute Gasteiger partial charge is 0.352 e. The van der Waals surface area contributed by atoms with Gasteiger partial charge < -0.3 is 10.2 Å². The van der Waals surface area contributed by atoms with Crippen LogP contribution in [0.15, 0.2) is 46.9 Å². The van der Waals surface area contributed by atoms with Crippen LogP contribution in [0.3, 0.4) is 0 Å². The van der Waals surface area contributed by atoms with Crippen LogP contribution in [-0.2, 0) is 26.2 Å². The summed E-state index contributed by atoms with van der Waals surface area (Å²) in [5.41, 5.74) is 1.79. The molecule has 2 unspecified atom stereocenters. The van der Waals surface area contributed by atoms with Crippen LogP contribution in [0.25, 0.3) is 0 Å². The molecule has 0 saturated heterocycles. The van der Waals surface area contributed by atoms with Gasteiger partial charge in [-0.3, -0.25) is 13.9 Å². The van der Waals surface area contributed by atoms with Crippen LogP contribution in [0.4, 0.5) is 5.69 Å². The zero-order chi connectivity index (χ0) is 25.6. The Kier molecular flexibility index (Phi) is 9.96. The highest BCUT2D eigenvalue weighted by atomic mass is 79.9. The normalized spacial score (nSPS) is 13.1. The molecule has 0 spiro atoms. The van der Waals surface area contributed by atoms with Crippen molar-refractivity contribution in [2.24, 2.45) is 0 Å². The van der Waals surface area contributed by atoms with Crippen molar-refractivity contribution < 1.29 is 18.0 Å². The van der Waals surface area contributed by atoms with E-state index in [1.165, 1.54) is 11.0 Å². The summed E-state index contributed by atoms with van der Waals surface area (Å²) in [6.45, 7) is 6.92. The van der Waals surface area contributed by atoms with Gasteiger partial charge in [0, 0.05) is 22.1 Å². The number of nitrogens with one attached hydrogen (secondary N) is 1. The highest BCUT2D eigenvalue weighted by Crippen LogP contribution is 2.27. The first kappa shape index (κ1) is 28.1. The Morgan fingerprint density at radius 3 is 2.29 bits per heavy atom. The van der Waals surface area contributed by atoms with Gasteiger partial charge in [0.05, 0.1) is 11.9 Å². The highest BCUT2D eigenvalue weighted by Gasteiger charge is 2.31. The molecule has 0 aromatic heterocycles. The zero-order valence-corrected chi connectivity index (χ0v) is 23.2. The fraction of sp³-hybridized carbons (Fsp3) is 0.417. The van der Waals surface area contributed by atoms with Crippen LogP contribution in [0.2, 0.25) is 5.02 Å². The summed E-state index contributed by atoms with van der Waals surface area (Å²) in [7, 11) is -3.81. The number of carbonyl (C=O) groups excluding carboxylic acids is 2. The van der Waals surface area contributed by atoms with Crippen molar-refractivity contribution in [2.45, 2.75) is 52.7 Å².